The average molecular weight is 375 g/mol. The fourth-order valence-corrected chi connectivity index (χ4v) is 2.37. The number of halogens is 3. The maximum Gasteiger partial charge on any atom is 0.270 e. The van der Waals surface area contributed by atoms with E-state index >= 15 is 0 Å². The van der Waals surface area contributed by atoms with Gasteiger partial charge in [0.2, 0.25) is 0 Å². The van der Waals surface area contributed by atoms with Crippen LogP contribution in [0.15, 0.2) is 36.4 Å². The van der Waals surface area contributed by atoms with Gasteiger partial charge in [0.25, 0.3) is 5.69 Å². The molecule has 0 saturated heterocycles. The van der Waals surface area contributed by atoms with E-state index in [1.165, 1.54) is 24.3 Å². The van der Waals surface area contributed by atoms with Gasteiger partial charge in [0.1, 0.15) is 18.2 Å². The van der Waals surface area contributed by atoms with Crippen molar-refractivity contribution >= 4 is 33.2 Å². The Morgan fingerprint density at radius 1 is 1.29 bits per heavy atom. The van der Waals surface area contributed by atoms with Crippen LogP contribution in [0, 0.1) is 15.9 Å². The summed E-state index contributed by atoms with van der Waals surface area (Å²) < 4.78 is 19.3. The number of benzene rings is 2. The number of nitrogens with zero attached hydrogens (tertiary/aromatic N) is 1. The Morgan fingerprint density at radius 2 is 2.05 bits per heavy atom. The van der Waals surface area contributed by atoms with Gasteiger partial charge in [0.05, 0.1) is 9.95 Å². The minimum absolute atomic E-state index is 0.00972. The quantitative estimate of drug-likeness (QED) is 0.426. The minimum Gasteiger partial charge on any atom is -0.488 e. The molecule has 0 amide bonds. The molecule has 0 aliphatic rings. The number of hydrogen-bond donors (Lipinski definition) is 0. The van der Waals surface area contributed by atoms with E-state index in [1.807, 2.05) is 0 Å². The second-order valence-electron chi connectivity index (χ2n) is 4.18. The van der Waals surface area contributed by atoms with Crippen LogP contribution >= 0.6 is 27.5 Å². The Labute approximate surface area is 133 Å². The number of ether oxygens (including phenoxy) is 1. The van der Waals surface area contributed by atoms with Crippen molar-refractivity contribution in [2.75, 3.05) is 0 Å². The summed E-state index contributed by atoms with van der Waals surface area (Å²) in [5, 5.41) is 11.1. The standard InChI is InChI=1S/C14H10BrClFNO3/c15-7-10-6-11(18(19)20)4-5-13(10)21-8-9-2-1-3-12(16)14(9)17/h1-6H,7-8H2. The molecule has 0 spiro atoms. The van der Waals surface area contributed by atoms with E-state index in [1.54, 1.807) is 12.1 Å². The van der Waals surface area contributed by atoms with E-state index in [0.717, 1.165) is 0 Å². The molecule has 110 valence electrons. The van der Waals surface area contributed by atoms with Gasteiger partial charge in [-0.3, -0.25) is 10.1 Å². The number of hydrogen-bond acceptors (Lipinski definition) is 3. The average Bonchev–Trinajstić information content (AvgIpc) is 2.48. The van der Waals surface area contributed by atoms with Crippen molar-refractivity contribution in [3.63, 3.8) is 0 Å². The molecule has 0 unspecified atom stereocenters. The predicted molar refractivity (Wildman–Crippen MR) is 81.5 cm³/mol. The molecule has 0 aliphatic carbocycles. The van der Waals surface area contributed by atoms with E-state index in [9.17, 15) is 14.5 Å². The van der Waals surface area contributed by atoms with Gasteiger partial charge >= 0.3 is 0 Å². The molecule has 0 radical (unpaired) electrons. The molecular weight excluding hydrogens is 365 g/mol. The summed E-state index contributed by atoms with van der Waals surface area (Å²) in [6, 6.07) is 8.91. The summed E-state index contributed by atoms with van der Waals surface area (Å²) in [4.78, 5) is 10.2. The first kappa shape index (κ1) is 15.7. The van der Waals surface area contributed by atoms with Gasteiger partial charge in [0, 0.05) is 28.6 Å². The van der Waals surface area contributed by atoms with Gasteiger partial charge in [-0.25, -0.2) is 4.39 Å². The lowest BCUT2D eigenvalue weighted by Gasteiger charge is -2.11. The van der Waals surface area contributed by atoms with Crippen molar-refractivity contribution in [1.29, 1.82) is 0 Å². The first-order valence-electron chi connectivity index (χ1n) is 5.92. The third-order valence-corrected chi connectivity index (χ3v) is 3.71. The molecule has 2 aromatic rings. The Kier molecular flexibility index (Phi) is 5.14. The smallest absolute Gasteiger partial charge is 0.270 e. The zero-order chi connectivity index (χ0) is 15.4. The highest BCUT2D eigenvalue weighted by atomic mass is 79.9. The van der Waals surface area contributed by atoms with Crippen LogP contribution in [0.4, 0.5) is 10.1 Å². The van der Waals surface area contributed by atoms with Crippen molar-refractivity contribution in [3.05, 3.63) is 68.5 Å². The summed E-state index contributed by atoms with van der Waals surface area (Å²) in [6.07, 6.45) is 0. The fourth-order valence-electron chi connectivity index (χ4n) is 1.74. The second-order valence-corrected chi connectivity index (χ2v) is 5.15. The molecule has 0 fully saturated rings. The molecule has 2 rings (SSSR count). The Balaban J connectivity index is 2.20. The minimum atomic E-state index is -0.526. The fraction of sp³-hybridized carbons (Fsp3) is 0.143. The third-order valence-electron chi connectivity index (χ3n) is 2.81. The largest absolute Gasteiger partial charge is 0.488 e. The van der Waals surface area contributed by atoms with E-state index in [2.05, 4.69) is 15.9 Å². The molecule has 2 aromatic carbocycles. The van der Waals surface area contributed by atoms with Crippen molar-refractivity contribution in [1.82, 2.24) is 0 Å². The van der Waals surface area contributed by atoms with Crippen LogP contribution in [-0.2, 0) is 11.9 Å². The number of rotatable bonds is 5. The zero-order valence-electron chi connectivity index (χ0n) is 10.7. The van der Waals surface area contributed by atoms with Crippen LogP contribution in [0.25, 0.3) is 0 Å². The molecule has 0 N–H and O–H groups in total. The van der Waals surface area contributed by atoms with Crippen molar-refractivity contribution in [3.8, 4) is 5.75 Å². The van der Waals surface area contributed by atoms with Crippen LogP contribution in [-0.4, -0.2) is 4.92 Å². The monoisotopic (exact) mass is 373 g/mol. The molecule has 0 aliphatic heterocycles. The normalized spacial score (nSPS) is 10.4. The highest BCUT2D eigenvalue weighted by Gasteiger charge is 2.12. The van der Waals surface area contributed by atoms with E-state index in [4.69, 9.17) is 16.3 Å². The highest BCUT2D eigenvalue weighted by Crippen LogP contribution is 2.27. The summed E-state index contributed by atoms with van der Waals surface area (Å²) in [6.45, 7) is -0.00972. The molecule has 0 aromatic heterocycles. The maximum absolute atomic E-state index is 13.7. The van der Waals surface area contributed by atoms with Crippen LogP contribution in [0.1, 0.15) is 11.1 Å². The summed E-state index contributed by atoms with van der Waals surface area (Å²) in [7, 11) is 0. The highest BCUT2D eigenvalue weighted by molar-refractivity contribution is 9.08. The van der Waals surface area contributed by atoms with Crippen molar-refractivity contribution in [2.45, 2.75) is 11.9 Å². The molecule has 7 heteroatoms. The first-order chi connectivity index (χ1) is 10.0. The molecular formula is C14H10BrClFNO3. The molecule has 21 heavy (non-hydrogen) atoms. The van der Waals surface area contributed by atoms with Crippen LogP contribution in [0.2, 0.25) is 5.02 Å². The summed E-state index contributed by atoms with van der Waals surface area (Å²) in [5.41, 5.74) is 0.916. The first-order valence-corrected chi connectivity index (χ1v) is 7.42. The number of non-ortho nitro benzene ring substituents is 1. The number of alkyl halides is 1. The third kappa shape index (κ3) is 3.71. The van der Waals surface area contributed by atoms with Gasteiger partial charge in [0.15, 0.2) is 0 Å². The Morgan fingerprint density at radius 3 is 2.71 bits per heavy atom. The lowest BCUT2D eigenvalue weighted by atomic mass is 10.2. The van der Waals surface area contributed by atoms with Gasteiger partial charge in [-0.05, 0) is 12.1 Å². The Bertz CT molecular complexity index is 681. The molecule has 0 heterocycles. The predicted octanol–water partition coefficient (Wildman–Crippen LogP) is 4.86. The SMILES string of the molecule is O=[N+]([O-])c1ccc(OCc2cccc(Cl)c2F)c(CBr)c1. The molecule has 4 nitrogen and oxygen atoms in total. The molecule has 0 atom stereocenters. The van der Waals surface area contributed by atoms with E-state index in [-0.39, 0.29) is 17.3 Å². The number of nitro benzene ring substituents is 1. The van der Waals surface area contributed by atoms with E-state index < -0.39 is 10.7 Å². The van der Waals surface area contributed by atoms with Gasteiger partial charge < -0.3 is 4.74 Å². The van der Waals surface area contributed by atoms with Crippen molar-refractivity contribution < 1.29 is 14.1 Å². The summed E-state index contributed by atoms with van der Waals surface area (Å²) in [5.74, 6) is -0.0710. The summed E-state index contributed by atoms with van der Waals surface area (Å²) >= 11 is 8.94. The number of nitro groups is 1. The van der Waals surface area contributed by atoms with Gasteiger partial charge in [-0.15, -0.1) is 0 Å². The molecule has 0 bridgehead atoms. The zero-order valence-corrected chi connectivity index (χ0v) is 13.0. The second kappa shape index (κ2) is 6.87. The Hall–Kier alpha value is -1.66. The maximum atomic E-state index is 13.7. The lowest BCUT2D eigenvalue weighted by molar-refractivity contribution is -0.384. The topological polar surface area (TPSA) is 52.4 Å². The van der Waals surface area contributed by atoms with Gasteiger partial charge in [-0.1, -0.05) is 39.7 Å². The van der Waals surface area contributed by atoms with Crippen LogP contribution < -0.4 is 4.74 Å². The molecule has 0 saturated carbocycles. The van der Waals surface area contributed by atoms with Gasteiger partial charge in [-0.2, -0.15) is 0 Å². The van der Waals surface area contributed by atoms with Crippen LogP contribution in [0.3, 0.4) is 0 Å². The lowest BCUT2D eigenvalue weighted by Crippen LogP contribution is -2.01. The van der Waals surface area contributed by atoms with Crippen LogP contribution in [0.5, 0.6) is 5.75 Å². The van der Waals surface area contributed by atoms with Crippen molar-refractivity contribution in [2.24, 2.45) is 0 Å². The van der Waals surface area contributed by atoms with E-state index in [0.29, 0.717) is 22.2 Å².